The average molecular weight is 312 g/mol. The number of aromatic amines is 1. The van der Waals surface area contributed by atoms with E-state index in [-0.39, 0.29) is 18.3 Å². The first-order valence-corrected chi connectivity index (χ1v) is 7.42. The summed E-state index contributed by atoms with van der Waals surface area (Å²) in [5.41, 5.74) is 2.26. The van der Waals surface area contributed by atoms with Crippen LogP contribution in [0.2, 0.25) is 0 Å². The lowest BCUT2D eigenvalue weighted by Gasteiger charge is -2.07. The number of hydrogen-bond acceptors (Lipinski definition) is 2. The second kappa shape index (κ2) is 6.96. The minimum absolute atomic E-state index is 0.0838. The van der Waals surface area contributed by atoms with E-state index in [4.69, 9.17) is 4.74 Å². The van der Waals surface area contributed by atoms with Gasteiger partial charge in [0.25, 0.3) is 5.91 Å². The molecule has 0 saturated carbocycles. The Labute approximate surface area is 133 Å². The van der Waals surface area contributed by atoms with Crippen LogP contribution in [0.25, 0.3) is 10.9 Å². The van der Waals surface area contributed by atoms with Crippen LogP contribution in [-0.2, 0) is 11.2 Å². The SMILES string of the molecule is O=C(COc1ccc(F)cc1)NCCc1c[nH]c2ccccc12. The molecule has 2 aromatic carbocycles. The van der Waals surface area contributed by atoms with Gasteiger partial charge in [0.1, 0.15) is 11.6 Å². The van der Waals surface area contributed by atoms with Gasteiger partial charge in [0.15, 0.2) is 6.61 Å². The monoisotopic (exact) mass is 312 g/mol. The molecule has 0 unspecified atom stereocenters. The first-order chi connectivity index (χ1) is 11.2. The van der Waals surface area contributed by atoms with Crippen molar-refractivity contribution in [2.75, 3.05) is 13.2 Å². The Balaban J connectivity index is 1.45. The number of para-hydroxylation sites is 1. The van der Waals surface area contributed by atoms with Gasteiger partial charge in [-0.2, -0.15) is 0 Å². The van der Waals surface area contributed by atoms with Gasteiger partial charge in [0, 0.05) is 23.6 Å². The molecule has 0 aliphatic carbocycles. The Morgan fingerprint density at radius 2 is 1.91 bits per heavy atom. The summed E-state index contributed by atoms with van der Waals surface area (Å²) in [5, 5.41) is 3.99. The normalized spacial score (nSPS) is 10.7. The molecule has 1 aromatic heterocycles. The minimum Gasteiger partial charge on any atom is -0.484 e. The van der Waals surface area contributed by atoms with Gasteiger partial charge in [-0.15, -0.1) is 0 Å². The molecule has 4 nitrogen and oxygen atoms in total. The molecule has 1 heterocycles. The Bertz CT molecular complexity index is 796. The number of ether oxygens (including phenoxy) is 1. The Kier molecular flexibility index (Phi) is 4.57. The van der Waals surface area contributed by atoms with Crippen molar-refractivity contribution < 1.29 is 13.9 Å². The van der Waals surface area contributed by atoms with E-state index in [1.165, 1.54) is 35.2 Å². The first kappa shape index (κ1) is 15.1. The summed E-state index contributed by atoms with van der Waals surface area (Å²) in [6.45, 7) is 0.451. The first-order valence-electron chi connectivity index (χ1n) is 7.42. The summed E-state index contributed by atoms with van der Waals surface area (Å²) >= 11 is 0. The van der Waals surface area contributed by atoms with Crippen LogP contribution in [0.3, 0.4) is 0 Å². The molecule has 5 heteroatoms. The molecular weight excluding hydrogens is 295 g/mol. The maximum absolute atomic E-state index is 12.8. The summed E-state index contributed by atoms with van der Waals surface area (Å²) in [5.74, 6) is -0.0622. The summed E-state index contributed by atoms with van der Waals surface area (Å²) in [6.07, 6.45) is 2.71. The number of carbonyl (C=O) groups is 1. The molecule has 1 amide bonds. The highest BCUT2D eigenvalue weighted by atomic mass is 19.1. The molecule has 23 heavy (non-hydrogen) atoms. The molecule has 3 aromatic rings. The number of carbonyl (C=O) groups excluding carboxylic acids is 1. The van der Waals surface area contributed by atoms with Crippen LogP contribution in [0.15, 0.2) is 54.7 Å². The van der Waals surface area contributed by atoms with E-state index in [2.05, 4.69) is 16.4 Å². The second-order valence-corrected chi connectivity index (χ2v) is 5.20. The lowest BCUT2D eigenvalue weighted by molar-refractivity contribution is -0.123. The fraction of sp³-hybridized carbons (Fsp3) is 0.167. The topological polar surface area (TPSA) is 54.1 Å². The number of hydrogen-bond donors (Lipinski definition) is 2. The number of halogens is 1. The molecule has 0 radical (unpaired) electrons. The second-order valence-electron chi connectivity index (χ2n) is 5.20. The van der Waals surface area contributed by atoms with Gasteiger partial charge in [-0.25, -0.2) is 4.39 Å². The third-order valence-electron chi connectivity index (χ3n) is 3.57. The maximum atomic E-state index is 12.8. The molecule has 0 bridgehead atoms. The maximum Gasteiger partial charge on any atom is 0.257 e. The minimum atomic E-state index is -0.333. The van der Waals surface area contributed by atoms with Crippen molar-refractivity contribution >= 4 is 16.8 Å². The molecule has 0 saturated heterocycles. The molecule has 118 valence electrons. The van der Waals surface area contributed by atoms with Crippen molar-refractivity contribution in [2.24, 2.45) is 0 Å². The van der Waals surface area contributed by atoms with Crippen LogP contribution in [0.4, 0.5) is 4.39 Å². The van der Waals surface area contributed by atoms with Crippen LogP contribution < -0.4 is 10.1 Å². The third kappa shape index (κ3) is 3.88. The Hall–Kier alpha value is -2.82. The van der Waals surface area contributed by atoms with Crippen molar-refractivity contribution in [2.45, 2.75) is 6.42 Å². The van der Waals surface area contributed by atoms with E-state index in [0.717, 1.165) is 11.9 Å². The summed E-state index contributed by atoms with van der Waals surface area (Å²) in [7, 11) is 0. The lowest BCUT2D eigenvalue weighted by Crippen LogP contribution is -2.30. The predicted octanol–water partition coefficient (Wildman–Crippen LogP) is 3.04. The fourth-order valence-corrected chi connectivity index (χ4v) is 2.41. The van der Waals surface area contributed by atoms with Gasteiger partial charge < -0.3 is 15.0 Å². The van der Waals surface area contributed by atoms with Gasteiger partial charge in [-0.1, -0.05) is 18.2 Å². The zero-order valence-electron chi connectivity index (χ0n) is 12.5. The molecular formula is C18H17FN2O2. The van der Waals surface area contributed by atoms with Crippen molar-refractivity contribution in [1.82, 2.24) is 10.3 Å². The van der Waals surface area contributed by atoms with E-state index in [0.29, 0.717) is 12.3 Å². The van der Waals surface area contributed by atoms with E-state index in [9.17, 15) is 9.18 Å². The van der Waals surface area contributed by atoms with Crippen molar-refractivity contribution in [3.05, 3.63) is 66.1 Å². The van der Waals surface area contributed by atoms with Gasteiger partial charge in [0.2, 0.25) is 0 Å². The predicted molar refractivity (Wildman–Crippen MR) is 86.9 cm³/mol. The zero-order chi connectivity index (χ0) is 16.1. The summed E-state index contributed by atoms with van der Waals surface area (Å²) in [6, 6.07) is 13.6. The van der Waals surface area contributed by atoms with E-state index in [1.807, 2.05) is 24.4 Å². The van der Waals surface area contributed by atoms with Crippen LogP contribution in [0, 0.1) is 5.82 Å². The fourth-order valence-electron chi connectivity index (χ4n) is 2.41. The van der Waals surface area contributed by atoms with Gasteiger partial charge in [-0.05, 0) is 42.3 Å². The largest absolute Gasteiger partial charge is 0.484 e. The number of nitrogens with one attached hydrogen (secondary N) is 2. The molecule has 0 aliphatic heterocycles. The van der Waals surface area contributed by atoms with E-state index in [1.54, 1.807) is 0 Å². The molecule has 0 aliphatic rings. The summed E-state index contributed by atoms with van der Waals surface area (Å²) < 4.78 is 18.1. The van der Waals surface area contributed by atoms with Gasteiger partial charge in [0.05, 0.1) is 0 Å². The van der Waals surface area contributed by atoms with Crippen LogP contribution in [0.1, 0.15) is 5.56 Å². The number of amides is 1. The number of aromatic nitrogens is 1. The van der Waals surface area contributed by atoms with Crippen LogP contribution >= 0.6 is 0 Å². The average Bonchev–Trinajstić information content (AvgIpc) is 2.98. The zero-order valence-corrected chi connectivity index (χ0v) is 12.5. The highest BCUT2D eigenvalue weighted by molar-refractivity contribution is 5.83. The highest BCUT2D eigenvalue weighted by Crippen LogP contribution is 2.17. The lowest BCUT2D eigenvalue weighted by atomic mass is 10.1. The molecule has 0 atom stereocenters. The standard InChI is InChI=1S/C18H17FN2O2/c19-14-5-7-15(8-6-14)23-12-18(22)20-10-9-13-11-21-17-4-2-1-3-16(13)17/h1-8,11,21H,9-10,12H2,(H,20,22). The molecule has 0 spiro atoms. The number of benzene rings is 2. The Morgan fingerprint density at radius 1 is 1.13 bits per heavy atom. The third-order valence-corrected chi connectivity index (χ3v) is 3.57. The van der Waals surface area contributed by atoms with Gasteiger partial charge in [-0.3, -0.25) is 4.79 Å². The number of H-pyrrole nitrogens is 1. The summed E-state index contributed by atoms with van der Waals surface area (Å²) in [4.78, 5) is 15.0. The van der Waals surface area contributed by atoms with Crippen molar-refractivity contribution in [3.8, 4) is 5.75 Å². The smallest absolute Gasteiger partial charge is 0.257 e. The van der Waals surface area contributed by atoms with Crippen LogP contribution in [0.5, 0.6) is 5.75 Å². The quantitative estimate of drug-likeness (QED) is 0.735. The van der Waals surface area contributed by atoms with Crippen molar-refractivity contribution in [3.63, 3.8) is 0 Å². The van der Waals surface area contributed by atoms with E-state index < -0.39 is 0 Å². The number of rotatable bonds is 6. The van der Waals surface area contributed by atoms with Gasteiger partial charge >= 0.3 is 0 Å². The van der Waals surface area contributed by atoms with E-state index >= 15 is 0 Å². The number of fused-ring (bicyclic) bond motifs is 1. The molecule has 3 rings (SSSR count). The molecule has 0 fully saturated rings. The molecule has 2 N–H and O–H groups in total. The highest BCUT2D eigenvalue weighted by Gasteiger charge is 2.05. The van der Waals surface area contributed by atoms with Crippen molar-refractivity contribution in [1.29, 1.82) is 0 Å². The van der Waals surface area contributed by atoms with Crippen LogP contribution in [-0.4, -0.2) is 24.0 Å². The Morgan fingerprint density at radius 3 is 2.74 bits per heavy atom.